The molecule has 4 aliphatic rings. The lowest BCUT2D eigenvalue weighted by molar-refractivity contribution is -0.953. The molecule has 4 aliphatic heterocycles. The highest BCUT2D eigenvalue weighted by Crippen LogP contribution is 2.49. The number of sulfone groups is 1. The Morgan fingerprint density at radius 1 is 0.957 bits per heavy atom. The third-order valence-corrected chi connectivity index (χ3v) is 13.2. The van der Waals surface area contributed by atoms with Gasteiger partial charge in [0.25, 0.3) is 0 Å². The standard InChI is InChI=1S/C38H52N3O4S.ClH/c1-5-7-17-38(6-2)28-46(43,44)35-16-15-32(39(3)4)25-34(35)36(37(38)42)31-9-8-10-33(24-31)45-27-30-13-11-29(12-14-30)26-41-21-18-40(19-22-41)20-23-41;/h8-16,24-25,36-37,42H,5-7,17-23,26-28H2,1-4H3;1H/q+1;/p-1/t36-,37-,38?;/m1./s1. The number of aliphatic hydroxyl groups excluding tert-OH is 1. The number of piperazine rings is 3. The number of quaternary nitrogens is 1. The Kier molecular flexibility index (Phi) is 11.0. The smallest absolute Gasteiger partial charge is 0.179 e. The molecule has 3 atom stereocenters. The molecule has 4 heterocycles. The molecule has 7 nitrogen and oxygen atoms in total. The fourth-order valence-electron chi connectivity index (χ4n) is 8.07. The van der Waals surface area contributed by atoms with Gasteiger partial charge < -0.3 is 31.6 Å². The summed E-state index contributed by atoms with van der Waals surface area (Å²) in [6, 6.07) is 22.3. The maximum absolute atomic E-state index is 14.0. The van der Waals surface area contributed by atoms with Gasteiger partial charge in [-0.3, -0.25) is 4.90 Å². The molecule has 0 spiro atoms. The highest BCUT2D eigenvalue weighted by Gasteiger charge is 2.49. The van der Waals surface area contributed by atoms with Crippen molar-refractivity contribution in [2.24, 2.45) is 5.41 Å². The van der Waals surface area contributed by atoms with Gasteiger partial charge in [0.15, 0.2) is 9.84 Å². The van der Waals surface area contributed by atoms with E-state index in [9.17, 15) is 13.5 Å². The number of unbranched alkanes of at least 4 members (excludes halogenated alkanes) is 1. The molecular weight excluding hydrogens is 630 g/mol. The van der Waals surface area contributed by atoms with Crippen molar-refractivity contribution in [3.63, 3.8) is 0 Å². The van der Waals surface area contributed by atoms with Crippen LogP contribution in [0.2, 0.25) is 0 Å². The van der Waals surface area contributed by atoms with Crippen LogP contribution >= 0.6 is 0 Å². The lowest BCUT2D eigenvalue weighted by Gasteiger charge is -2.50. The van der Waals surface area contributed by atoms with Crippen molar-refractivity contribution in [1.29, 1.82) is 0 Å². The average molecular weight is 682 g/mol. The number of halogens is 1. The number of nitrogens with zero attached hydrogens (tertiary/aromatic N) is 3. The van der Waals surface area contributed by atoms with Crippen molar-refractivity contribution in [2.45, 2.75) is 69.6 Å². The van der Waals surface area contributed by atoms with Crippen molar-refractivity contribution in [3.05, 3.63) is 89.0 Å². The molecule has 2 bridgehead atoms. The van der Waals surface area contributed by atoms with Crippen molar-refractivity contribution >= 4 is 15.5 Å². The SMILES string of the molecule is CCCCC1(CC)CS(=O)(=O)c2ccc(N(C)C)cc2[C@@H](c2cccc(OCc3ccc(C[N+]45CCN(CC4)CC5)cc3)c2)[C@H]1O.[Cl-]. The number of hydrogen-bond donors (Lipinski definition) is 1. The monoisotopic (exact) mass is 681 g/mol. The average Bonchev–Trinajstić information content (AvgIpc) is 3.14. The molecule has 47 heavy (non-hydrogen) atoms. The molecule has 1 unspecified atom stereocenters. The van der Waals surface area contributed by atoms with Gasteiger partial charge in [-0.2, -0.15) is 0 Å². The minimum atomic E-state index is -3.63. The van der Waals surface area contributed by atoms with Crippen LogP contribution in [0.15, 0.2) is 71.6 Å². The van der Waals surface area contributed by atoms with E-state index in [1.165, 1.54) is 49.3 Å². The highest BCUT2D eigenvalue weighted by molar-refractivity contribution is 7.91. The molecule has 3 fully saturated rings. The predicted molar refractivity (Wildman–Crippen MR) is 185 cm³/mol. The summed E-state index contributed by atoms with van der Waals surface area (Å²) in [4.78, 5) is 4.89. The van der Waals surface area contributed by atoms with Crippen LogP contribution in [0.5, 0.6) is 5.75 Å². The van der Waals surface area contributed by atoms with Gasteiger partial charge in [0, 0.05) is 56.3 Å². The maximum atomic E-state index is 14.0. The number of fused-ring (bicyclic) bond motifs is 4. The fourth-order valence-corrected chi connectivity index (χ4v) is 10.3. The van der Waals surface area contributed by atoms with Crippen LogP contribution < -0.4 is 22.0 Å². The van der Waals surface area contributed by atoms with Gasteiger partial charge in [0.1, 0.15) is 18.9 Å². The molecule has 0 saturated carbocycles. The summed E-state index contributed by atoms with van der Waals surface area (Å²) < 4.78 is 35.5. The second kappa shape index (κ2) is 14.5. The van der Waals surface area contributed by atoms with Crippen LogP contribution in [0, 0.1) is 5.41 Å². The molecule has 7 rings (SSSR count). The van der Waals surface area contributed by atoms with Crippen LogP contribution in [-0.2, 0) is 23.0 Å². The van der Waals surface area contributed by atoms with Gasteiger partial charge in [0.05, 0.1) is 36.4 Å². The molecule has 3 aromatic carbocycles. The Balaban J connectivity index is 0.00000433. The molecule has 256 valence electrons. The van der Waals surface area contributed by atoms with Gasteiger partial charge in [0.2, 0.25) is 0 Å². The van der Waals surface area contributed by atoms with E-state index in [1.807, 2.05) is 62.3 Å². The first-order valence-corrected chi connectivity index (χ1v) is 18.8. The van der Waals surface area contributed by atoms with E-state index in [1.54, 1.807) is 6.07 Å². The minimum Gasteiger partial charge on any atom is -1.00 e. The summed E-state index contributed by atoms with van der Waals surface area (Å²) in [7, 11) is 0.274. The first-order chi connectivity index (χ1) is 22.1. The van der Waals surface area contributed by atoms with Gasteiger partial charge in [-0.05, 0) is 59.9 Å². The lowest BCUT2D eigenvalue weighted by Crippen LogP contribution is -3.00. The van der Waals surface area contributed by atoms with E-state index in [-0.39, 0.29) is 18.2 Å². The van der Waals surface area contributed by atoms with E-state index in [2.05, 4.69) is 36.1 Å². The van der Waals surface area contributed by atoms with Crippen molar-refractivity contribution in [3.8, 4) is 5.75 Å². The summed E-state index contributed by atoms with van der Waals surface area (Å²) in [6.07, 6.45) is 2.20. The molecule has 0 aromatic heterocycles. The number of benzene rings is 3. The first kappa shape index (κ1) is 35.7. The zero-order valence-corrected chi connectivity index (χ0v) is 30.1. The quantitative estimate of drug-likeness (QED) is 0.314. The van der Waals surface area contributed by atoms with Gasteiger partial charge in [-0.15, -0.1) is 0 Å². The summed E-state index contributed by atoms with van der Waals surface area (Å²) in [5.74, 6) is 0.162. The van der Waals surface area contributed by atoms with Crippen molar-refractivity contribution in [1.82, 2.24) is 4.90 Å². The highest BCUT2D eigenvalue weighted by atomic mass is 35.5. The molecule has 3 aromatic rings. The molecule has 1 N–H and O–H groups in total. The zero-order chi connectivity index (χ0) is 32.5. The predicted octanol–water partition coefficient (Wildman–Crippen LogP) is 2.85. The Labute approximate surface area is 288 Å². The van der Waals surface area contributed by atoms with E-state index < -0.39 is 27.3 Å². The van der Waals surface area contributed by atoms with Crippen LogP contribution in [0.1, 0.15) is 67.7 Å². The largest absolute Gasteiger partial charge is 1.00 e. The van der Waals surface area contributed by atoms with Crippen LogP contribution in [-0.4, -0.2) is 88.1 Å². The summed E-state index contributed by atoms with van der Waals surface area (Å²) in [5.41, 5.74) is 4.20. The summed E-state index contributed by atoms with van der Waals surface area (Å²) >= 11 is 0. The Morgan fingerprint density at radius 2 is 1.64 bits per heavy atom. The van der Waals surface area contributed by atoms with Crippen LogP contribution in [0.3, 0.4) is 0 Å². The molecule has 0 radical (unpaired) electrons. The molecule has 0 amide bonds. The van der Waals surface area contributed by atoms with E-state index >= 15 is 0 Å². The summed E-state index contributed by atoms with van der Waals surface area (Å²) in [5, 5.41) is 12.3. The van der Waals surface area contributed by atoms with E-state index in [0.29, 0.717) is 35.7 Å². The molecule has 0 aliphatic carbocycles. The van der Waals surface area contributed by atoms with Crippen molar-refractivity contribution in [2.75, 3.05) is 64.0 Å². The number of anilines is 1. The number of ether oxygens (including phenoxy) is 1. The third kappa shape index (κ3) is 7.37. The zero-order valence-electron chi connectivity index (χ0n) is 28.5. The third-order valence-electron chi connectivity index (χ3n) is 11.2. The van der Waals surface area contributed by atoms with Gasteiger partial charge in [-0.25, -0.2) is 8.42 Å². The number of aliphatic hydroxyl groups is 1. The molecular formula is C38H52ClN3O4S. The minimum absolute atomic E-state index is 0. The topological polar surface area (TPSA) is 70.1 Å². The second-order valence-corrected chi connectivity index (χ2v) is 16.3. The van der Waals surface area contributed by atoms with Gasteiger partial charge >= 0.3 is 0 Å². The number of rotatable bonds is 11. The Bertz CT molecular complexity index is 1610. The Morgan fingerprint density at radius 3 is 2.28 bits per heavy atom. The molecule has 3 saturated heterocycles. The lowest BCUT2D eigenvalue weighted by atomic mass is 9.69. The van der Waals surface area contributed by atoms with Crippen molar-refractivity contribution < 1.29 is 35.2 Å². The first-order valence-electron chi connectivity index (χ1n) is 17.2. The van der Waals surface area contributed by atoms with Gasteiger partial charge in [-0.1, -0.05) is 63.1 Å². The second-order valence-electron chi connectivity index (χ2n) is 14.3. The fraction of sp³-hybridized carbons (Fsp3) is 0.526. The van der Waals surface area contributed by atoms with Crippen LogP contribution in [0.4, 0.5) is 5.69 Å². The van der Waals surface area contributed by atoms with E-state index in [4.69, 9.17) is 4.74 Å². The maximum Gasteiger partial charge on any atom is 0.179 e. The van der Waals surface area contributed by atoms with Crippen LogP contribution in [0.25, 0.3) is 0 Å². The molecule has 9 heteroatoms. The number of hydrogen-bond acceptors (Lipinski definition) is 6. The normalized spacial score (nSPS) is 27.7. The van der Waals surface area contributed by atoms with E-state index in [0.717, 1.165) is 36.2 Å². The summed E-state index contributed by atoms with van der Waals surface area (Å²) in [6.45, 7) is 13.1. The Hall–Kier alpha value is -2.62.